The molecule has 1 heteroatoms. The topological polar surface area (TPSA) is 26.0 Å². The summed E-state index contributed by atoms with van der Waals surface area (Å²) >= 11 is 0. The highest BCUT2D eigenvalue weighted by Gasteiger charge is 1.83. The molecule has 0 heterocycles. The second-order valence-electron chi connectivity index (χ2n) is 3.96. The lowest BCUT2D eigenvalue weighted by atomic mass is 10.1. The van der Waals surface area contributed by atoms with Gasteiger partial charge in [-0.2, -0.15) is 0 Å². The summed E-state index contributed by atoms with van der Waals surface area (Å²) in [7, 11) is 0. The van der Waals surface area contributed by atoms with E-state index >= 15 is 0 Å². The van der Waals surface area contributed by atoms with Crippen LogP contribution in [-0.4, -0.2) is 0 Å². The maximum atomic E-state index is 5.27. The van der Waals surface area contributed by atoms with Crippen molar-refractivity contribution in [2.75, 3.05) is 0 Å². The number of hydrogen-bond donors (Lipinski definition) is 1. The number of rotatable bonds is 5. The minimum atomic E-state index is 1.10. The molecule has 1 nitrogen and oxygen atoms in total. The first-order chi connectivity index (χ1) is 11.1. The van der Waals surface area contributed by atoms with E-state index in [0.29, 0.717) is 0 Å². The quantitative estimate of drug-likeness (QED) is 0.395. The van der Waals surface area contributed by atoms with Gasteiger partial charge < -0.3 is 5.73 Å². The molecule has 0 spiro atoms. The average molecular weight is 332 g/mol. The van der Waals surface area contributed by atoms with Crippen molar-refractivity contribution in [3.05, 3.63) is 23.4 Å². The Bertz CT molecular complexity index is 174. The van der Waals surface area contributed by atoms with Crippen molar-refractivity contribution in [2.45, 2.75) is 122 Å². The van der Waals surface area contributed by atoms with E-state index in [1.165, 1.54) is 31.3 Å². The molecule has 0 aliphatic rings. The van der Waals surface area contributed by atoms with Crippen LogP contribution in [0.2, 0.25) is 0 Å². The summed E-state index contributed by atoms with van der Waals surface area (Å²) < 4.78 is 0. The van der Waals surface area contributed by atoms with Gasteiger partial charge in [-0.3, -0.25) is 0 Å². The summed E-state index contributed by atoms with van der Waals surface area (Å²) in [5.74, 6) is 0. The first-order valence-corrected chi connectivity index (χ1v) is 10.2. The van der Waals surface area contributed by atoms with Crippen molar-refractivity contribution in [3.63, 3.8) is 0 Å². The van der Waals surface area contributed by atoms with Gasteiger partial charge in [-0.15, -0.1) is 0 Å². The van der Waals surface area contributed by atoms with Gasteiger partial charge in [-0.25, -0.2) is 0 Å². The Hall–Kier alpha value is -0.720. The van der Waals surface area contributed by atoms with Gasteiger partial charge in [0.05, 0.1) is 0 Å². The van der Waals surface area contributed by atoms with E-state index in [9.17, 15) is 0 Å². The van der Waals surface area contributed by atoms with Gasteiger partial charge >= 0.3 is 0 Å². The van der Waals surface area contributed by atoms with Crippen LogP contribution in [0, 0.1) is 0 Å². The van der Waals surface area contributed by atoms with E-state index < -0.39 is 0 Å². The van der Waals surface area contributed by atoms with Crippen LogP contribution in [0.1, 0.15) is 122 Å². The fourth-order valence-corrected chi connectivity index (χ4v) is 1.04. The predicted molar refractivity (Wildman–Crippen MR) is 117 cm³/mol. The Morgan fingerprint density at radius 1 is 0.696 bits per heavy atom. The van der Waals surface area contributed by atoms with Crippen molar-refractivity contribution < 1.29 is 0 Å². The Morgan fingerprint density at radius 3 is 1.17 bits per heavy atom. The van der Waals surface area contributed by atoms with Crippen LogP contribution in [0.5, 0.6) is 0 Å². The third-order valence-electron chi connectivity index (χ3n) is 2.25. The highest BCUT2D eigenvalue weighted by atomic mass is 14.5. The zero-order chi connectivity index (χ0) is 20.1. The largest absolute Gasteiger partial charge is 0.404 e. The van der Waals surface area contributed by atoms with E-state index in [2.05, 4.69) is 33.8 Å². The Labute approximate surface area is 151 Å². The van der Waals surface area contributed by atoms with E-state index in [4.69, 9.17) is 5.73 Å². The van der Waals surface area contributed by atoms with E-state index in [0.717, 1.165) is 12.0 Å². The standard InChI is InChI=1S/C8H15N.C6H14.4C2H6/c1-4-7(2)5-8(3)6-9;1-3-5-6-4-2;4*1-2/h5-6H,4,9H2,1-3H3;3-6H2,1-2H3;4*1-2H3/b7-5-,8-6-;;;;;. The third-order valence-corrected chi connectivity index (χ3v) is 2.25. The fraction of sp³-hybridized carbons (Fsp3) is 0.818. The van der Waals surface area contributed by atoms with Crippen LogP contribution in [-0.2, 0) is 0 Å². The normalized spacial score (nSPS) is 8.91. The molecule has 0 radical (unpaired) electrons. The molecule has 0 amide bonds. The average Bonchev–Trinajstić information content (AvgIpc) is 2.66. The molecule has 0 aromatic carbocycles. The molecule has 0 fully saturated rings. The molecular formula is C22H53N. The molecule has 0 saturated heterocycles. The third kappa shape index (κ3) is 74.9. The maximum Gasteiger partial charge on any atom is -0.00326 e. The molecule has 23 heavy (non-hydrogen) atoms. The lowest BCUT2D eigenvalue weighted by Gasteiger charge is -1.93. The highest BCUT2D eigenvalue weighted by Crippen LogP contribution is 2.02. The summed E-state index contributed by atoms with van der Waals surface area (Å²) in [6.45, 7) is 26.7. The Kier molecular flexibility index (Phi) is 96.1. The van der Waals surface area contributed by atoms with Crippen LogP contribution in [0.15, 0.2) is 23.4 Å². The zero-order valence-corrected chi connectivity index (χ0v) is 19.3. The highest BCUT2D eigenvalue weighted by molar-refractivity contribution is 5.19. The number of hydrogen-bond acceptors (Lipinski definition) is 1. The predicted octanol–water partition coefficient (Wildman–Crippen LogP) is 8.90. The van der Waals surface area contributed by atoms with Crippen molar-refractivity contribution in [2.24, 2.45) is 5.73 Å². The van der Waals surface area contributed by atoms with E-state index in [1.54, 1.807) is 6.20 Å². The molecule has 146 valence electrons. The molecule has 0 bridgehead atoms. The van der Waals surface area contributed by atoms with Crippen molar-refractivity contribution in [3.8, 4) is 0 Å². The summed E-state index contributed by atoms with van der Waals surface area (Å²) in [5.41, 5.74) is 7.77. The Balaban J connectivity index is -0.0000000449. The zero-order valence-electron chi connectivity index (χ0n) is 19.3. The van der Waals surface area contributed by atoms with Gasteiger partial charge in [0.25, 0.3) is 0 Å². The smallest absolute Gasteiger partial charge is 0.00326 e. The first-order valence-electron chi connectivity index (χ1n) is 10.2. The summed E-state index contributed by atoms with van der Waals surface area (Å²) in [6.07, 6.45) is 10.4. The molecule has 0 saturated carbocycles. The molecule has 0 aromatic heterocycles. The van der Waals surface area contributed by atoms with Crippen molar-refractivity contribution in [1.82, 2.24) is 0 Å². The van der Waals surface area contributed by atoms with Gasteiger partial charge in [0.2, 0.25) is 0 Å². The summed E-state index contributed by atoms with van der Waals surface area (Å²) in [6, 6.07) is 0. The van der Waals surface area contributed by atoms with Gasteiger partial charge in [-0.05, 0) is 32.0 Å². The molecule has 0 aliphatic heterocycles. The van der Waals surface area contributed by atoms with Crippen LogP contribution in [0.4, 0.5) is 0 Å². The molecule has 0 aromatic rings. The lowest BCUT2D eigenvalue weighted by molar-refractivity contribution is 0.702. The molecule has 0 rings (SSSR count). The van der Waals surface area contributed by atoms with Crippen LogP contribution in [0.3, 0.4) is 0 Å². The van der Waals surface area contributed by atoms with Crippen molar-refractivity contribution >= 4 is 0 Å². The second kappa shape index (κ2) is 58.0. The fourth-order valence-electron chi connectivity index (χ4n) is 1.04. The van der Waals surface area contributed by atoms with Crippen LogP contribution >= 0.6 is 0 Å². The minimum absolute atomic E-state index is 1.10. The molecule has 0 aliphatic carbocycles. The molecule has 0 atom stereocenters. The van der Waals surface area contributed by atoms with Crippen molar-refractivity contribution in [1.29, 1.82) is 0 Å². The Morgan fingerprint density at radius 2 is 1.00 bits per heavy atom. The maximum absolute atomic E-state index is 5.27. The monoisotopic (exact) mass is 331 g/mol. The second-order valence-corrected chi connectivity index (χ2v) is 3.96. The van der Waals surface area contributed by atoms with Crippen LogP contribution < -0.4 is 5.73 Å². The molecule has 2 N–H and O–H groups in total. The number of unbranched alkanes of at least 4 members (excludes halogenated alkanes) is 3. The lowest BCUT2D eigenvalue weighted by Crippen LogP contribution is -1.81. The first kappa shape index (κ1) is 38.1. The van der Waals surface area contributed by atoms with Crippen LogP contribution in [0.25, 0.3) is 0 Å². The van der Waals surface area contributed by atoms with Gasteiger partial charge in [0.15, 0.2) is 0 Å². The van der Waals surface area contributed by atoms with E-state index in [-0.39, 0.29) is 0 Å². The molecular weight excluding hydrogens is 278 g/mol. The van der Waals surface area contributed by atoms with Gasteiger partial charge in [-0.1, -0.05) is 113 Å². The minimum Gasteiger partial charge on any atom is -0.404 e. The summed E-state index contributed by atoms with van der Waals surface area (Å²) in [4.78, 5) is 0. The SMILES string of the molecule is CC.CC.CC.CC.CC/C(C)=C\C(C)=C/N.CCCCCC. The van der Waals surface area contributed by atoms with Gasteiger partial charge in [0.1, 0.15) is 0 Å². The van der Waals surface area contributed by atoms with Gasteiger partial charge in [0, 0.05) is 0 Å². The summed E-state index contributed by atoms with van der Waals surface area (Å²) in [5, 5.41) is 0. The molecule has 0 unspecified atom stereocenters. The van der Waals surface area contributed by atoms with E-state index in [1.807, 2.05) is 62.3 Å². The number of nitrogens with two attached hydrogens (primary N) is 1. The number of allylic oxidation sites excluding steroid dienone is 3.